The molecule has 1 aliphatic heterocycles. The molecule has 8 nitrogen and oxygen atoms in total. The molecule has 1 aliphatic rings. The van der Waals surface area contributed by atoms with Crippen molar-refractivity contribution in [1.82, 2.24) is 10.2 Å². The number of amides is 1. The van der Waals surface area contributed by atoms with E-state index < -0.39 is 17.7 Å². The van der Waals surface area contributed by atoms with Gasteiger partial charge in [0.05, 0.1) is 32.4 Å². The Hall–Kier alpha value is -3.36. The van der Waals surface area contributed by atoms with Crippen LogP contribution in [-0.4, -0.2) is 67.3 Å². The number of aliphatic hydroxyl groups is 2. The third-order valence-electron chi connectivity index (χ3n) is 5.15. The van der Waals surface area contributed by atoms with Crippen LogP contribution in [-0.2, 0) is 9.59 Å². The van der Waals surface area contributed by atoms with Gasteiger partial charge in [-0.05, 0) is 42.0 Å². The standard InChI is InChI=1S/C23H26N2O6/c1-30-17-7-3-15(4-8-17)20-19(21(27)16-5-9-18(31-2)10-6-16)22(28)23(29)25(20)13-11-24-12-14-26/h3-10,20,24,26-27H,11-14H2,1-2H3/t20-/m1/s1. The number of hydrogen-bond donors (Lipinski definition) is 3. The lowest BCUT2D eigenvalue weighted by atomic mass is 9.95. The molecule has 2 aromatic rings. The minimum atomic E-state index is -0.746. The van der Waals surface area contributed by atoms with Crippen LogP contribution in [0.1, 0.15) is 17.2 Å². The van der Waals surface area contributed by atoms with Crippen molar-refractivity contribution in [1.29, 1.82) is 0 Å². The average molecular weight is 426 g/mol. The molecule has 0 unspecified atom stereocenters. The number of carbonyl (C=O) groups is 2. The monoisotopic (exact) mass is 426 g/mol. The summed E-state index contributed by atoms with van der Waals surface area (Å²) in [5, 5.41) is 23.0. The molecule has 3 rings (SSSR count). The number of rotatable bonds is 9. The van der Waals surface area contributed by atoms with Crippen LogP contribution >= 0.6 is 0 Å². The lowest BCUT2D eigenvalue weighted by Gasteiger charge is -2.25. The Bertz CT molecular complexity index is 953. The molecular weight excluding hydrogens is 400 g/mol. The summed E-state index contributed by atoms with van der Waals surface area (Å²) in [6, 6.07) is 12.9. The first-order valence-corrected chi connectivity index (χ1v) is 9.90. The number of ketones is 1. The SMILES string of the molecule is COc1ccc(C(O)=C2C(=O)C(=O)N(CCNCCO)[C@@H]2c2ccc(OC)cc2)cc1. The van der Waals surface area contributed by atoms with Gasteiger partial charge in [0.25, 0.3) is 11.7 Å². The van der Waals surface area contributed by atoms with E-state index in [2.05, 4.69) is 5.32 Å². The molecule has 31 heavy (non-hydrogen) atoms. The van der Waals surface area contributed by atoms with Crippen LogP contribution < -0.4 is 14.8 Å². The second kappa shape index (κ2) is 10.1. The third kappa shape index (κ3) is 4.70. The van der Waals surface area contributed by atoms with Gasteiger partial charge in [0.1, 0.15) is 17.3 Å². The van der Waals surface area contributed by atoms with Gasteiger partial charge in [-0.3, -0.25) is 9.59 Å². The van der Waals surface area contributed by atoms with Crippen molar-refractivity contribution in [2.75, 3.05) is 40.5 Å². The van der Waals surface area contributed by atoms with E-state index in [1.807, 2.05) is 0 Å². The number of ether oxygens (including phenoxy) is 2. The summed E-state index contributed by atoms with van der Waals surface area (Å²) in [4.78, 5) is 27.2. The lowest BCUT2D eigenvalue weighted by Crippen LogP contribution is -2.36. The molecule has 0 bridgehead atoms. The van der Waals surface area contributed by atoms with Crippen molar-refractivity contribution in [3.8, 4) is 11.5 Å². The van der Waals surface area contributed by atoms with E-state index >= 15 is 0 Å². The van der Waals surface area contributed by atoms with Crippen LogP contribution in [0.4, 0.5) is 0 Å². The number of nitrogens with zero attached hydrogens (tertiary/aromatic N) is 1. The fraction of sp³-hybridized carbons (Fsp3) is 0.304. The molecule has 1 atom stereocenters. The van der Waals surface area contributed by atoms with Crippen molar-refractivity contribution in [2.45, 2.75) is 6.04 Å². The highest BCUT2D eigenvalue weighted by Crippen LogP contribution is 2.39. The van der Waals surface area contributed by atoms with Crippen LogP contribution in [0.2, 0.25) is 0 Å². The molecule has 1 amide bonds. The summed E-state index contributed by atoms with van der Waals surface area (Å²) in [6.07, 6.45) is 0. The molecule has 1 heterocycles. The van der Waals surface area contributed by atoms with E-state index in [-0.39, 0.29) is 24.5 Å². The number of nitrogens with one attached hydrogen (secondary N) is 1. The van der Waals surface area contributed by atoms with Crippen LogP contribution in [0, 0.1) is 0 Å². The van der Waals surface area contributed by atoms with Crippen LogP contribution in [0.5, 0.6) is 11.5 Å². The third-order valence-corrected chi connectivity index (χ3v) is 5.15. The van der Waals surface area contributed by atoms with Gasteiger partial charge in [0, 0.05) is 25.2 Å². The Morgan fingerprint density at radius 3 is 2.10 bits per heavy atom. The van der Waals surface area contributed by atoms with Crippen molar-refractivity contribution >= 4 is 17.4 Å². The van der Waals surface area contributed by atoms with Gasteiger partial charge < -0.3 is 29.9 Å². The highest BCUT2D eigenvalue weighted by atomic mass is 16.5. The molecule has 2 aromatic carbocycles. The number of likely N-dealkylation sites (tertiary alicyclic amines) is 1. The van der Waals surface area contributed by atoms with Gasteiger partial charge in [-0.25, -0.2) is 0 Å². The first-order chi connectivity index (χ1) is 15.0. The number of aliphatic hydroxyl groups excluding tert-OH is 2. The van der Waals surface area contributed by atoms with Crippen molar-refractivity contribution in [2.24, 2.45) is 0 Å². The van der Waals surface area contributed by atoms with Gasteiger partial charge in [0.2, 0.25) is 0 Å². The second-order valence-corrected chi connectivity index (χ2v) is 6.97. The maximum Gasteiger partial charge on any atom is 0.295 e. The quantitative estimate of drug-likeness (QED) is 0.242. The van der Waals surface area contributed by atoms with Gasteiger partial charge in [0.15, 0.2) is 0 Å². The largest absolute Gasteiger partial charge is 0.507 e. The zero-order valence-corrected chi connectivity index (χ0v) is 17.5. The molecule has 164 valence electrons. The second-order valence-electron chi connectivity index (χ2n) is 6.97. The minimum absolute atomic E-state index is 0.0296. The first kappa shape index (κ1) is 22.3. The number of benzene rings is 2. The van der Waals surface area contributed by atoms with Gasteiger partial charge in [-0.1, -0.05) is 12.1 Å². The van der Waals surface area contributed by atoms with E-state index in [1.165, 1.54) is 12.0 Å². The fourth-order valence-electron chi connectivity index (χ4n) is 3.55. The Labute approximate surface area is 180 Å². The first-order valence-electron chi connectivity index (χ1n) is 9.90. The van der Waals surface area contributed by atoms with Crippen molar-refractivity contribution in [3.63, 3.8) is 0 Å². The molecule has 0 aromatic heterocycles. The summed E-state index contributed by atoms with van der Waals surface area (Å²) in [7, 11) is 3.09. The molecule has 1 fully saturated rings. The van der Waals surface area contributed by atoms with E-state index in [4.69, 9.17) is 14.6 Å². The van der Waals surface area contributed by atoms with E-state index in [9.17, 15) is 14.7 Å². The lowest BCUT2D eigenvalue weighted by molar-refractivity contribution is -0.139. The number of Topliss-reactive ketones (excluding diaryl/α,β-unsaturated/α-hetero) is 1. The molecule has 3 N–H and O–H groups in total. The highest BCUT2D eigenvalue weighted by Gasteiger charge is 2.45. The number of carbonyl (C=O) groups excluding carboxylic acids is 2. The Kier molecular flexibility index (Phi) is 7.28. The molecule has 0 radical (unpaired) electrons. The number of hydrogen-bond acceptors (Lipinski definition) is 7. The molecule has 8 heteroatoms. The summed E-state index contributed by atoms with van der Waals surface area (Å²) in [5.41, 5.74) is 1.12. The van der Waals surface area contributed by atoms with Crippen LogP contribution in [0.15, 0.2) is 54.1 Å². The molecule has 0 spiro atoms. The van der Waals surface area contributed by atoms with E-state index in [0.29, 0.717) is 35.7 Å². The maximum atomic E-state index is 12.9. The number of methoxy groups -OCH3 is 2. The fourth-order valence-corrected chi connectivity index (χ4v) is 3.55. The summed E-state index contributed by atoms with van der Waals surface area (Å²) in [6.45, 7) is 0.977. The topological polar surface area (TPSA) is 108 Å². The normalized spacial score (nSPS) is 17.8. The Morgan fingerprint density at radius 1 is 0.968 bits per heavy atom. The summed E-state index contributed by atoms with van der Waals surface area (Å²) >= 11 is 0. The van der Waals surface area contributed by atoms with E-state index in [0.717, 1.165) is 0 Å². The molecule has 0 saturated carbocycles. The van der Waals surface area contributed by atoms with Gasteiger partial charge in [-0.2, -0.15) is 0 Å². The molecule has 0 aliphatic carbocycles. The zero-order chi connectivity index (χ0) is 22.4. The summed E-state index contributed by atoms with van der Waals surface area (Å²) in [5.74, 6) is -0.412. The smallest absolute Gasteiger partial charge is 0.295 e. The van der Waals surface area contributed by atoms with Gasteiger partial charge in [-0.15, -0.1) is 0 Å². The average Bonchev–Trinajstić information content (AvgIpc) is 3.06. The van der Waals surface area contributed by atoms with Gasteiger partial charge >= 0.3 is 0 Å². The Balaban J connectivity index is 2.04. The minimum Gasteiger partial charge on any atom is -0.507 e. The molecule has 1 saturated heterocycles. The Morgan fingerprint density at radius 2 is 1.55 bits per heavy atom. The van der Waals surface area contributed by atoms with Crippen molar-refractivity contribution in [3.05, 3.63) is 65.2 Å². The predicted molar refractivity (Wildman–Crippen MR) is 115 cm³/mol. The van der Waals surface area contributed by atoms with E-state index in [1.54, 1.807) is 55.6 Å². The highest BCUT2D eigenvalue weighted by molar-refractivity contribution is 6.46. The predicted octanol–water partition coefficient (Wildman–Crippen LogP) is 1.71. The van der Waals surface area contributed by atoms with Crippen molar-refractivity contribution < 1.29 is 29.3 Å². The van der Waals surface area contributed by atoms with Crippen LogP contribution in [0.3, 0.4) is 0 Å². The van der Waals surface area contributed by atoms with Crippen LogP contribution in [0.25, 0.3) is 5.76 Å². The zero-order valence-electron chi connectivity index (χ0n) is 17.5. The molecular formula is C23H26N2O6. The summed E-state index contributed by atoms with van der Waals surface area (Å²) < 4.78 is 10.3. The maximum absolute atomic E-state index is 12.9.